The Morgan fingerprint density at radius 2 is 0.880 bits per heavy atom. The average molecular weight is 357 g/mol. The Balaban J connectivity index is 2.96. The molecule has 0 aliphatic carbocycles. The van der Waals surface area contributed by atoms with Crippen molar-refractivity contribution in [1.82, 2.24) is 0 Å². The van der Waals surface area contributed by atoms with E-state index in [-0.39, 0.29) is 0 Å². The van der Waals surface area contributed by atoms with E-state index in [0.717, 1.165) is 19.8 Å². The van der Waals surface area contributed by atoms with Crippen LogP contribution in [0.4, 0.5) is 0 Å². The van der Waals surface area contributed by atoms with E-state index < -0.39 is 0 Å². The lowest BCUT2D eigenvalue weighted by atomic mass is 10.0. The number of hydrogen-bond donors (Lipinski definition) is 0. The third-order valence-electron chi connectivity index (χ3n) is 4.82. The summed E-state index contributed by atoms with van der Waals surface area (Å²) in [7, 11) is 0. The van der Waals surface area contributed by atoms with E-state index in [1.165, 1.54) is 103 Å². The Labute approximate surface area is 159 Å². The first-order valence-corrected chi connectivity index (χ1v) is 11.5. The first kappa shape index (κ1) is 24.9. The summed E-state index contributed by atoms with van der Waals surface area (Å²) in [4.78, 5) is 0. The zero-order chi connectivity index (χ0) is 18.4. The molecule has 0 heterocycles. The van der Waals surface area contributed by atoms with Crippen molar-refractivity contribution in [3.63, 3.8) is 0 Å². The molecule has 0 aromatic carbocycles. The fourth-order valence-corrected chi connectivity index (χ4v) is 3.20. The van der Waals surface area contributed by atoms with Crippen LogP contribution < -0.4 is 0 Å². The van der Waals surface area contributed by atoms with Gasteiger partial charge in [-0.15, -0.1) is 0 Å². The smallest absolute Gasteiger partial charge is 0.0703 e. The van der Waals surface area contributed by atoms with Crippen LogP contribution in [-0.2, 0) is 9.47 Å². The van der Waals surface area contributed by atoms with Crippen LogP contribution in [0, 0.1) is 0 Å². The van der Waals surface area contributed by atoms with E-state index in [1.807, 2.05) is 0 Å². The SMILES string of the molecule is CCCCCCCCCCCCCCCCCCOCCOC(C)C. The summed E-state index contributed by atoms with van der Waals surface area (Å²) in [6, 6.07) is 0. The van der Waals surface area contributed by atoms with Gasteiger partial charge >= 0.3 is 0 Å². The van der Waals surface area contributed by atoms with E-state index in [1.54, 1.807) is 0 Å². The molecule has 0 amide bonds. The van der Waals surface area contributed by atoms with E-state index in [4.69, 9.17) is 9.47 Å². The second-order valence-electron chi connectivity index (χ2n) is 7.84. The van der Waals surface area contributed by atoms with Gasteiger partial charge in [0.25, 0.3) is 0 Å². The average Bonchev–Trinajstić information content (AvgIpc) is 2.60. The van der Waals surface area contributed by atoms with Crippen molar-refractivity contribution in [3.05, 3.63) is 0 Å². The van der Waals surface area contributed by atoms with Crippen molar-refractivity contribution in [2.24, 2.45) is 0 Å². The van der Waals surface area contributed by atoms with Crippen LogP contribution in [0.25, 0.3) is 0 Å². The van der Waals surface area contributed by atoms with Crippen molar-refractivity contribution in [2.45, 2.75) is 130 Å². The van der Waals surface area contributed by atoms with E-state index in [0.29, 0.717) is 6.10 Å². The van der Waals surface area contributed by atoms with Crippen LogP contribution in [0.2, 0.25) is 0 Å². The molecule has 152 valence electrons. The van der Waals surface area contributed by atoms with E-state index in [9.17, 15) is 0 Å². The third-order valence-corrected chi connectivity index (χ3v) is 4.82. The molecule has 2 nitrogen and oxygen atoms in total. The van der Waals surface area contributed by atoms with Crippen LogP contribution in [-0.4, -0.2) is 25.9 Å². The first-order valence-electron chi connectivity index (χ1n) is 11.5. The van der Waals surface area contributed by atoms with Gasteiger partial charge in [-0.3, -0.25) is 0 Å². The maximum Gasteiger partial charge on any atom is 0.0703 e. The number of unbranched alkanes of at least 4 members (excludes halogenated alkanes) is 15. The quantitative estimate of drug-likeness (QED) is 0.196. The molecule has 0 atom stereocenters. The Hall–Kier alpha value is -0.0800. The molecule has 0 radical (unpaired) electrons. The first-order chi connectivity index (χ1) is 12.3. The normalized spacial score (nSPS) is 11.5. The highest BCUT2D eigenvalue weighted by atomic mass is 16.5. The van der Waals surface area contributed by atoms with Crippen LogP contribution in [0.5, 0.6) is 0 Å². The molecular weight excluding hydrogens is 308 g/mol. The molecule has 0 fully saturated rings. The van der Waals surface area contributed by atoms with Gasteiger partial charge in [-0.05, 0) is 20.3 Å². The van der Waals surface area contributed by atoms with Gasteiger partial charge in [0.1, 0.15) is 0 Å². The van der Waals surface area contributed by atoms with Gasteiger partial charge in [0.2, 0.25) is 0 Å². The van der Waals surface area contributed by atoms with E-state index in [2.05, 4.69) is 20.8 Å². The Bertz CT molecular complexity index is 228. The molecule has 0 bridgehead atoms. The monoisotopic (exact) mass is 356 g/mol. The maximum absolute atomic E-state index is 5.58. The number of hydrogen-bond acceptors (Lipinski definition) is 2. The molecule has 0 spiro atoms. The number of ether oxygens (including phenoxy) is 2. The second kappa shape index (κ2) is 22.0. The minimum absolute atomic E-state index is 0.319. The zero-order valence-electron chi connectivity index (χ0n) is 17.8. The van der Waals surface area contributed by atoms with Crippen LogP contribution in [0.3, 0.4) is 0 Å². The van der Waals surface area contributed by atoms with E-state index >= 15 is 0 Å². The van der Waals surface area contributed by atoms with Crippen LogP contribution in [0.1, 0.15) is 124 Å². The predicted molar refractivity (Wildman–Crippen MR) is 111 cm³/mol. The minimum Gasteiger partial charge on any atom is -0.379 e. The highest BCUT2D eigenvalue weighted by Crippen LogP contribution is 2.13. The molecule has 0 saturated heterocycles. The van der Waals surface area contributed by atoms with Crippen molar-refractivity contribution in [2.75, 3.05) is 19.8 Å². The lowest BCUT2D eigenvalue weighted by Crippen LogP contribution is -2.10. The molecule has 0 N–H and O–H groups in total. The topological polar surface area (TPSA) is 18.5 Å². The van der Waals surface area contributed by atoms with Gasteiger partial charge in [-0.2, -0.15) is 0 Å². The fourth-order valence-electron chi connectivity index (χ4n) is 3.20. The Kier molecular flexibility index (Phi) is 21.9. The lowest BCUT2D eigenvalue weighted by molar-refractivity contribution is 0.0186. The second-order valence-corrected chi connectivity index (χ2v) is 7.84. The summed E-state index contributed by atoms with van der Waals surface area (Å²) in [6.07, 6.45) is 23.0. The minimum atomic E-state index is 0.319. The van der Waals surface area contributed by atoms with Crippen molar-refractivity contribution in [3.8, 4) is 0 Å². The molecule has 0 unspecified atom stereocenters. The molecule has 0 aromatic heterocycles. The Morgan fingerprint density at radius 3 is 1.28 bits per heavy atom. The van der Waals surface area contributed by atoms with Gasteiger partial charge in [-0.1, -0.05) is 103 Å². The summed E-state index contributed by atoms with van der Waals surface area (Å²) in [5.74, 6) is 0. The van der Waals surface area contributed by atoms with Gasteiger partial charge in [0.15, 0.2) is 0 Å². The molecule has 0 aromatic rings. The Morgan fingerprint density at radius 1 is 0.480 bits per heavy atom. The largest absolute Gasteiger partial charge is 0.379 e. The van der Waals surface area contributed by atoms with Crippen LogP contribution >= 0.6 is 0 Å². The molecule has 0 aliphatic rings. The van der Waals surface area contributed by atoms with Crippen molar-refractivity contribution in [1.29, 1.82) is 0 Å². The molecule has 0 aliphatic heterocycles. The highest BCUT2D eigenvalue weighted by Gasteiger charge is 1.96. The van der Waals surface area contributed by atoms with Crippen molar-refractivity contribution < 1.29 is 9.47 Å². The van der Waals surface area contributed by atoms with Gasteiger partial charge in [-0.25, -0.2) is 0 Å². The molecule has 0 saturated carbocycles. The highest BCUT2D eigenvalue weighted by molar-refractivity contribution is 4.50. The zero-order valence-corrected chi connectivity index (χ0v) is 17.8. The summed E-state index contributed by atoms with van der Waals surface area (Å²) in [5, 5.41) is 0. The molecule has 2 heteroatoms. The van der Waals surface area contributed by atoms with Crippen molar-refractivity contribution >= 4 is 0 Å². The van der Waals surface area contributed by atoms with Gasteiger partial charge in [0, 0.05) is 6.61 Å². The molecule has 0 rings (SSSR count). The summed E-state index contributed by atoms with van der Waals surface area (Å²) >= 11 is 0. The molecular formula is C23H48O2. The molecule has 25 heavy (non-hydrogen) atoms. The predicted octanol–water partition coefficient (Wildman–Crippen LogP) is 7.69. The van der Waals surface area contributed by atoms with Gasteiger partial charge in [0.05, 0.1) is 19.3 Å². The summed E-state index contributed by atoms with van der Waals surface area (Å²) in [6.45, 7) is 8.80. The summed E-state index contributed by atoms with van der Waals surface area (Å²) in [5.41, 5.74) is 0. The number of rotatable bonds is 21. The van der Waals surface area contributed by atoms with Crippen LogP contribution in [0.15, 0.2) is 0 Å². The standard InChI is InChI=1S/C23H48O2/c1-4-5-6-7-8-9-10-11-12-13-14-15-16-17-18-19-20-24-21-22-25-23(2)3/h23H,4-22H2,1-3H3. The maximum atomic E-state index is 5.58. The summed E-state index contributed by atoms with van der Waals surface area (Å²) < 4.78 is 11.0. The van der Waals surface area contributed by atoms with Gasteiger partial charge < -0.3 is 9.47 Å². The fraction of sp³-hybridized carbons (Fsp3) is 1.00. The third kappa shape index (κ3) is 23.9. The lowest BCUT2D eigenvalue weighted by Gasteiger charge is -2.08.